The number of hydrogen-bond donors (Lipinski definition) is 1. The highest BCUT2D eigenvalue weighted by molar-refractivity contribution is 6.00. The van der Waals surface area contributed by atoms with Crippen molar-refractivity contribution in [2.45, 2.75) is 148 Å². The fourth-order valence-corrected chi connectivity index (χ4v) is 9.54. The van der Waals surface area contributed by atoms with Gasteiger partial charge in [0.1, 0.15) is 23.8 Å². The smallest absolute Gasteiger partial charge is 0.410 e. The molecular formula is C43H65N5O11. The number of quaternary nitrogens is 1. The zero-order valence-corrected chi connectivity index (χ0v) is 36.5. The van der Waals surface area contributed by atoms with Gasteiger partial charge in [0.2, 0.25) is 0 Å². The molecule has 5 heterocycles. The molecule has 59 heavy (non-hydrogen) atoms. The molecule has 13 atom stereocenters. The molecule has 0 aliphatic carbocycles. The first-order valence-corrected chi connectivity index (χ1v) is 20.9. The molecule has 2 aromatic heterocycles. The molecule has 16 nitrogen and oxygen atoms in total. The van der Waals surface area contributed by atoms with Gasteiger partial charge in [-0.15, -0.1) is 0 Å². The van der Waals surface area contributed by atoms with Crippen molar-refractivity contribution in [2.24, 2.45) is 23.7 Å². The molecule has 0 aromatic carbocycles. The topological polar surface area (TPSA) is 192 Å². The second-order valence-corrected chi connectivity index (χ2v) is 17.8. The van der Waals surface area contributed by atoms with Gasteiger partial charge in [-0.3, -0.25) is 19.4 Å². The molecule has 0 saturated carbocycles. The zero-order chi connectivity index (χ0) is 43.6. The monoisotopic (exact) mass is 827 g/mol. The summed E-state index contributed by atoms with van der Waals surface area (Å²) in [5, 5.41) is 24.5. The van der Waals surface area contributed by atoms with Crippen molar-refractivity contribution in [3.63, 3.8) is 0 Å². The fraction of sp³-hybridized carbons (Fsp3) is 0.721. The number of hydroxylamine groups is 3. The van der Waals surface area contributed by atoms with E-state index >= 15 is 0 Å². The Labute approximate surface area is 348 Å². The summed E-state index contributed by atoms with van der Waals surface area (Å²) in [5.41, 5.74) is -1.06. The number of fused-ring (bicyclic) bond motifs is 1. The van der Waals surface area contributed by atoms with Crippen molar-refractivity contribution in [3.05, 3.63) is 42.3 Å². The van der Waals surface area contributed by atoms with Crippen LogP contribution < -0.4 is 0 Å². The number of ketones is 2. The predicted molar refractivity (Wildman–Crippen MR) is 216 cm³/mol. The van der Waals surface area contributed by atoms with Crippen LogP contribution in [0.4, 0.5) is 4.79 Å². The number of aromatic nitrogens is 3. The van der Waals surface area contributed by atoms with Crippen LogP contribution in [0.15, 0.2) is 37.1 Å². The number of cyclic esters (lactones) is 1. The van der Waals surface area contributed by atoms with Crippen molar-refractivity contribution in [3.8, 4) is 11.3 Å². The van der Waals surface area contributed by atoms with Gasteiger partial charge in [-0.2, -0.15) is 0 Å². The van der Waals surface area contributed by atoms with Crippen LogP contribution in [-0.2, 0) is 44.6 Å². The van der Waals surface area contributed by atoms with E-state index in [0.717, 1.165) is 11.3 Å². The van der Waals surface area contributed by atoms with E-state index in [4.69, 9.17) is 23.7 Å². The second-order valence-electron chi connectivity index (χ2n) is 17.8. The number of Topliss-reactive ketones (excluding diaryl/α,β-unsaturated/α-hetero) is 2. The number of imidazole rings is 1. The predicted octanol–water partition coefficient (Wildman–Crippen LogP) is 4.94. The molecule has 0 bridgehead atoms. The number of rotatable bonds is 11. The van der Waals surface area contributed by atoms with Gasteiger partial charge in [0.05, 0.1) is 50.0 Å². The average molecular weight is 828 g/mol. The number of aryl methyl sites for hydroxylation is 1. The summed E-state index contributed by atoms with van der Waals surface area (Å²) in [4.78, 5) is 67.1. The Kier molecular flexibility index (Phi) is 14.5. The Bertz CT molecular complexity index is 1790. The number of ether oxygens (including phenoxy) is 5. The number of amides is 1. The highest BCUT2D eigenvalue weighted by atomic mass is 16.7. The summed E-state index contributed by atoms with van der Waals surface area (Å²) in [6, 6.07) is 2.19. The Morgan fingerprint density at radius 3 is 2.36 bits per heavy atom. The number of hydrogen-bond acceptors (Lipinski definition) is 13. The fourth-order valence-electron chi connectivity index (χ4n) is 9.54. The van der Waals surface area contributed by atoms with E-state index in [1.165, 1.54) is 28.1 Å². The van der Waals surface area contributed by atoms with Gasteiger partial charge in [-0.1, -0.05) is 27.7 Å². The third-order valence-corrected chi connectivity index (χ3v) is 13.0. The summed E-state index contributed by atoms with van der Waals surface area (Å²) in [5.74, 6) is -5.30. The summed E-state index contributed by atoms with van der Waals surface area (Å²) < 4.78 is 32.2. The summed E-state index contributed by atoms with van der Waals surface area (Å²) in [7, 11) is 4.34. The molecule has 2 aromatic rings. The molecule has 328 valence electrons. The minimum Gasteiger partial charge on any atom is -0.633 e. The van der Waals surface area contributed by atoms with Crippen molar-refractivity contribution in [1.29, 1.82) is 0 Å². The quantitative estimate of drug-likeness (QED) is 0.105. The van der Waals surface area contributed by atoms with Gasteiger partial charge in [-0.25, -0.2) is 9.78 Å². The standard InChI is InChI=1S/C43H65N5O11/c1-12-33-43(8)37(47(41(53)59-43)19-14-13-18-46-23-31(45-24-46)30-16-15-17-44-22-30)27(4)34(49)25(2)21-42(7,55-11)38(28(5)35(50)29(6)39(52)57-33)58-40-36(51)32(48(9,10)54)20-26(3)56-40/h15-17,22-29,32-33,36-38,40,51H,12-14,18-21H2,1-11H3/t25-,26-,27+,28+,29-,32+,33-,36-,37?,38-,40+,42-,43-/m1/s1. The molecule has 0 spiro atoms. The Morgan fingerprint density at radius 2 is 1.73 bits per heavy atom. The van der Waals surface area contributed by atoms with E-state index in [1.54, 1.807) is 72.1 Å². The van der Waals surface area contributed by atoms with E-state index < -0.39 is 100 Å². The molecule has 1 N–H and O–H groups in total. The van der Waals surface area contributed by atoms with Gasteiger partial charge < -0.3 is 48.1 Å². The number of carbonyl (C=O) groups excluding carboxylic acids is 4. The maximum Gasteiger partial charge on any atom is 0.410 e. The largest absolute Gasteiger partial charge is 0.633 e. The van der Waals surface area contributed by atoms with E-state index in [1.807, 2.05) is 22.9 Å². The van der Waals surface area contributed by atoms with Gasteiger partial charge in [0.15, 0.2) is 23.8 Å². The molecule has 5 rings (SSSR count). The molecule has 0 radical (unpaired) electrons. The third kappa shape index (κ3) is 9.73. The Hall–Kier alpha value is -3.80. The van der Waals surface area contributed by atoms with Crippen molar-refractivity contribution < 1.29 is 52.6 Å². The highest BCUT2D eigenvalue weighted by Gasteiger charge is 2.60. The number of methoxy groups -OCH3 is 1. The van der Waals surface area contributed by atoms with E-state index in [9.17, 15) is 29.5 Å². The van der Waals surface area contributed by atoms with E-state index in [2.05, 4.69) is 9.97 Å². The van der Waals surface area contributed by atoms with Crippen LogP contribution in [0.5, 0.6) is 0 Å². The van der Waals surface area contributed by atoms with Crippen molar-refractivity contribution >= 4 is 23.6 Å². The minimum absolute atomic E-state index is 0.0695. The summed E-state index contributed by atoms with van der Waals surface area (Å²) in [6.07, 6.45) is 3.16. The van der Waals surface area contributed by atoms with Gasteiger partial charge in [0.25, 0.3) is 0 Å². The number of esters is 1. The van der Waals surface area contributed by atoms with Crippen LogP contribution in [0.25, 0.3) is 11.3 Å². The van der Waals surface area contributed by atoms with Crippen LogP contribution in [-0.4, -0.2) is 135 Å². The normalized spacial score (nSPS) is 36.5. The first kappa shape index (κ1) is 46.3. The van der Waals surface area contributed by atoms with Gasteiger partial charge >= 0.3 is 12.1 Å². The molecule has 1 unspecified atom stereocenters. The van der Waals surface area contributed by atoms with Gasteiger partial charge in [0, 0.05) is 68.5 Å². The second kappa shape index (κ2) is 18.4. The highest BCUT2D eigenvalue weighted by Crippen LogP contribution is 2.43. The van der Waals surface area contributed by atoms with Crippen LogP contribution >= 0.6 is 0 Å². The SMILES string of the molecule is CC[C@H]1OC(=O)[C@H](C)C(=O)[C@H](C)[C@@H](O[C@@H]2O[C@H](C)C[C@H]([N+](C)(C)[O-])[C@H]2O)[C@](C)(OC)C[C@@H](C)C(=O)[C@H](C)C2N(CCCCn3cnc(-c4cccnc4)c3)C(=O)O[C@@]21C. The number of nitrogens with zero attached hydrogens (tertiary/aromatic N) is 5. The van der Waals surface area contributed by atoms with Crippen molar-refractivity contribution in [1.82, 2.24) is 19.4 Å². The number of aliphatic hydroxyl groups excluding tert-OH is 1. The first-order chi connectivity index (χ1) is 27.7. The Morgan fingerprint density at radius 1 is 1.03 bits per heavy atom. The lowest BCUT2D eigenvalue weighted by atomic mass is 9.73. The lowest BCUT2D eigenvalue weighted by Gasteiger charge is -2.50. The minimum atomic E-state index is -1.43. The number of carbonyl (C=O) groups is 4. The molecule has 3 saturated heterocycles. The van der Waals surface area contributed by atoms with Crippen LogP contribution in [0.2, 0.25) is 0 Å². The molecule has 3 aliphatic heterocycles. The van der Waals surface area contributed by atoms with Crippen LogP contribution in [0.3, 0.4) is 0 Å². The third-order valence-electron chi connectivity index (χ3n) is 13.0. The Balaban J connectivity index is 1.44. The number of pyridine rings is 1. The number of likely N-dealkylation sites (N-methyl/N-ethyl adjacent to an activating group) is 1. The van der Waals surface area contributed by atoms with Crippen LogP contribution in [0, 0.1) is 28.9 Å². The molecule has 3 fully saturated rings. The maximum absolute atomic E-state index is 14.7. The summed E-state index contributed by atoms with van der Waals surface area (Å²) in [6.45, 7) is 14.5. The number of unbranched alkanes of at least 4 members (excludes halogenated alkanes) is 1. The van der Waals surface area contributed by atoms with E-state index in [0.29, 0.717) is 19.4 Å². The first-order valence-electron chi connectivity index (χ1n) is 20.9. The lowest BCUT2D eigenvalue weighted by molar-refractivity contribution is -0.874. The average Bonchev–Trinajstić information content (AvgIpc) is 3.77. The lowest BCUT2D eigenvalue weighted by Crippen LogP contribution is -2.62. The molecular weight excluding hydrogens is 762 g/mol. The molecule has 1 amide bonds. The van der Waals surface area contributed by atoms with E-state index in [-0.39, 0.29) is 31.6 Å². The zero-order valence-electron chi connectivity index (χ0n) is 36.5. The summed E-state index contributed by atoms with van der Waals surface area (Å²) >= 11 is 0. The number of aliphatic hydroxyl groups is 1. The molecule has 3 aliphatic rings. The van der Waals surface area contributed by atoms with Crippen molar-refractivity contribution in [2.75, 3.05) is 27.7 Å². The maximum atomic E-state index is 14.7. The van der Waals surface area contributed by atoms with Gasteiger partial charge in [-0.05, 0) is 65.5 Å². The molecule has 16 heteroatoms. The van der Waals surface area contributed by atoms with Crippen LogP contribution in [0.1, 0.15) is 87.5 Å².